The standard InChI is InChI=1S/C12H14BrOTe.BrH/c13-11-5-3-10(4-6-11)12(14)9-15-7-1-2-8-15;/h3-6H,1-2,7-9H2;1H/q+1;/p-1. The summed E-state index contributed by atoms with van der Waals surface area (Å²) in [5.41, 5.74) is 0.894. The van der Waals surface area contributed by atoms with Crippen molar-refractivity contribution in [2.24, 2.45) is 0 Å². The van der Waals surface area contributed by atoms with E-state index in [1.54, 1.807) is 0 Å². The first-order chi connectivity index (χ1) is 7.25. The Morgan fingerprint density at radius 1 is 1.19 bits per heavy atom. The van der Waals surface area contributed by atoms with E-state index in [-0.39, 0.29) is 17.0 Å². The first-order valence-corrected chi connectivity index (χ1v) is 10.9. The zero-order valence-corrected chi connectivity index (χ0v) is 14.4. The Kier molecular flexibility index (Phi) is 6.58. The van der Waals surface area contributed by atoms with E-state index in [1.807, 2.05) is 24.3 Å². The van der Waals surface area contributed by atoms with Crippen LogP contribution in [-0.4, -0.2) is 25.3 Å². The summed E-state index contributed by atoms with van der Waals surface area (Å²) in [4.78, 5) is 11.9. The first-order valence-electron chi connectivity index (χ1n) is 5.18. The molecular formula is C12H14Br2OTe. The van der Waals surface area contributed by atoms with E-state index in [0.717, 1.165) is 14.5 Å². The minimum Gasteiger partial charge on any atom is -1.00 e. The Hall–Kier alpha value is 0.640. The second kappa shape index (κ2) is 7.16. The van der Waals surface area contributed by atoms with Gasteiger partial charge in [0.2, 0.25) is 0 Å². The number of benzene rings is 1. The zero-order valence-electron chi connectivity index (χ0n) is 8.92. The van der Waals surface area contributed by atoms with Crippen LogP contribution in [0, 0.1) is 0 Å². The molecule has 1 fully saturated rings. The minimum absolute atomic E-state index is 0. The SMILES string of the molecule is O=C(C[Te+]1CCCC1)c1ccc(Br)cc1.[Br-]. The maximum atomic E-state index is 11.9. The molecule has 0 unspecified atom stereocenters. The van der Waals surface area contributed by atoms with Crippen LogP contribution >= 0.6 is 15.9 Å². The molecule has 1 heterocycles. The molecule has 1 aromatic rings. The molecule has 4 heteroatoms. The molecule has 88 valence electrons. The van der Waals surface area contributed by atoms with E-state index < -0.39 is 19.6 Å². The van der Waals surface area contributed by atoms with Crippen LogP contribution in [0.2, 0.25) is 13.4 Å². The van der Waals surface area contributed by atoms with Gasteiger partial charge in [0.1, 0.15) is 0 Å². The smallest absolute Gasteiger partial charge is 1.00 e. The average Bonchev–Trinajstić information content (AvgIpc) is 2.71. The van der Waals surface area contributed by atoms with E-state index in [1.165, 1.54) is 21.8 Å². The molecule has 0 saturated carbocycles. The van der Waals surface area contributed by atoms with Crippen LogP contribution in [0.25, 0.3) is 0 Å². The van der Waals surface area contributed by atoms with Crippen molar-refractivity contribution in [3.63, 3.8) is 0 Å². The van der Waals surface area contributed by atoms with Crippen LogP contribution < -0.4 is 17.0 Å². The maximum Gasteiger partial charge on any atom is -1.00 e. The van der Waals surface area contributed by atoms with Crippen molar-refractivity contribution in [2.75, 3.05) is 0 Å². The van der Waals surface area contributed by atoms with Crippen molar-refractivity contribution in [1.29, 1.82) is 0 Å². The van der Waals surface area contributed by atoms with Gasteiger partial charge in [0.05, 0.1) is 0 Å². The number of rotatable bonds is 3. The number of carbonyl (C=O) groups is 1. The van der Waals surface area contributed by atoms with Crippen molar-refractivity contribution in [3.8, 4) is 0 Å². The van der Waals surface area contributed by atoms with Crippen molar-refractivity contribution < 1.29 is 21.8 Å². The molecule has 16 heavy (non-hydrogen) atoms. The van der Waals surface area contributed by atoms with Gasteiger partial charge < -0.3 is 17.0 Å². The Bertz CT molecular complexity index is 345. The molecule has 1 saturated heterocycles. The molecule has 0 spiro atoms. The van der Waals surface area contributed by atoms with Crippen LogP contribution in [0.1, 0.15) is 23.2 Å². The number of hydrogen-bond donors (Lipinski definition) is 0. The fourth-order valence-electron chi connectivity index (χ4n) is 1.76. The van der Waals surface area contributed by atoms with Gasteiger partial charge in [-0.3, -0.25) is 0 Å². The van der Waals surface area contributed by atoms with Gasteiger partial charge in [0, 0.05) is 0 Å². The molecule has 2 rings (SSSR count). The molecule has 0 N–H and O–H groups in total. The van der Waals surface area contributed by atoms with Crippen LogP contribution in [0.5, 0.6) is 0 Å². The van der Waals surface area contributed by atoms with Crippen LogP contribution in [0.4, 0.5) is 0 Å². The van der Waals surface area contributed by atoms with Gasteiger partial charge in [-0.05, 0) is 0 Å². The average molecular weight is 462 g/mol. The largest absolute Gasteiger partial charge is 1.00 e. The predicted octanol–water partition coefficient (Wildman–Crippen LogP) is 0.924. The molecule has 0 bridgehead atoms. The third-order valence-corrected chi connectivity index (χ3v) is 10.0. The van der Waals surface area contributed by atoms with Crippen molar-refractivity contribution in [1.82, 2.24) is 0 Å². The number of halogens is 2. The zero-order chi connectivity index (χ0) is 10.7. The van der Waals surface area contributed by atoms with Gasteiger partial charge >= 0.3 is 107 Å². The molecule has 0 atom stereocenters. The number of Topliss-reactive ketones (excluding diaryl/α,β-unsaturated/α-hetero) is 1. The fourth-order valence-corrected chi connectivity index (χ4v) is 8.46. The summed E-state index contributed by atoms with van der Waals surface area (Å²) in [5.74, 6) is 0.376. The fraction of sp³-hybridized carbons (Fsp3) is 0.417. The van der Waals surface area contributed by atoms with Gasteiger partial charge in [0.15, 0.2) is 0 Å². The number of carbonyl (C=O) groups excluding carboxylic acids is 1. The molecule has 0 aromatic heterocycles. The molecule has 0 radical (unpaired) electrons. The molecule has 0 amide bonds. The second-order valence-electron chi connectivity index (χ2n) is 3.80. The number of hydrogen-bond acceptors (Lipinski definition) is 1. The van der Waals surface area contributed by atoms with E-state index >= 15 is 0 Å². The summed E-state index contributed by atoms with van der Waals surface area (Å²) in [6, 6.07) is 7.77. The third-order valence-electron chi connectivity index (χ3n) is 2.62. The first kappa shape index (κ1) is 14.7. The Morgan fingerprint density at radius 2 is 1.75 bits per heavy atom. The van der Waals surface area contributed by atoms with Gasteiger partial charge in [-0.15, -0.1) is 0 Å². The van der Waals surface area contributed by atoms with E-state index in [4.69, 9.17) is 0 Å². The molecule has 1 aliphatic rings. The van der Waals surface area contributed by atoms with Gasteiger partial charge in [0.25, 0.3) is 0 Å². The summed E-state index contributed by atoms with van der Waals surface area (Å²) < 4.78 is 4.77. The van der Waals surface area contributed by atoms with Crippen molar-refractivity contribution in [3.05, 3.63) is 34.3 Å². The number of ketones is 1. The monoisotopic (exact) mass is 462 g/mol. The topological polar surface area (TPSA) is 17.1 Å². The second-order valence-corrected chi connectivity index (χ2v) is 11.4. The predicted molar refractivity (Wildman–Crippen MR) is 67.9 cm³/mol. The quantitative estimate of drug-likeness (QED) is 0.484. The molecule has 1 aromatic carbocycles. The maximum absolute atomic E-state index is 11.9. The van der Waals surface area contributed by atoms with Gasteiger partial charge in [-0.2, -0.15) is 0 Å². The van der Waals surface area contributed by atoms with Crippen LogP contribution in [0.3, 0.4) is 0 Å². The summed E-state index contributed by atoms with van der Waals surface area (Å²) >= 11 is 2.40. The Balaban J connectivity index is 0.00000128. The summed E-state index contributed by atoms with van der Waals surface area (Å²) in [6.07, 6.45) is 2.76. The minimum atomic E-state index is -0.978. The van der Waals surface area contributed by atoms with Crippen LogP contribution in [0.15, 0.2) is 28.7 Å². The molecular weight excluding hydrogens is 448 g/mol. The van der Waals surface area contributed by atoms with Crippen molar-refractivity contribution >= 4 is 41.3 Å². The van der Waals surface area contributed by atoms with E-state index in [0.29, 0.717) is 5.78 Å². The van der Waals surface area contributed by atoms with Crippen molar-refractivity contribution in [2.45, 2.75) is 26.2 Å². The third kappa shape index (κ3) is 4.14. The molecule has 0 aliphatic carbocycles. The summed E-state index contributed by atoms with van der Waals surface area (Å²) in [7, 11) is 0. The Morgan fingerprint density at radius 3 is 2.31 bits per heavy atom. The van der Waals surface area contributed by atoms with Crippen LogP contribution in [-0.2, 0) is 0 Å². The summed E-state index contributed by atoms with van der Waals surface area (Å²) in [6.45, 7) is 0. The van der Waals surface area contributed by atoms with E-state index in [2.05, 4.69) is 15.9 Å². The molecule has 1 aliphatic heterocycles. The normalized spacial score (nSPS) is 15.8. The Labute approximate surface area is 123 Å². The van der Waals surface area contributed by atoms with Gasteiger partial charge in [-0.25, -0.2) is 0 Å². The van der Waals surface area contributed by atoms with Gasteiger partial charge in [-0.1, -0.05) is 0 Å². The molecule has 1 nitrogen and oxygen atoms in total. The summed E-state index contributed by atoms with van der Waals surface area (Å²) in [5, 5.41) is 0. The van der Waals surface area contributed by atoms with E-state index in [9.17, 15) is 4.79 Å².